The Morgan fingerprint density at radius 1 is 1.12 bits per heavy atom. The molecule has 0 aromatic carbocycles. The molecule has 0 aromatic heterocycles. The van der Waals surface area contributed by atoms with Crippen LogP contribution in [0.2, 0.25) is 0 Å². The molecule has 0 heterocycles. The molecule has 1 fully saturated rings. The monoisotopic (exact) mass is 228 g/mol. The first-order valence-electron chi connectivity index (χ1n) is 6.61. The Balaban J connectivity index is 2.70. The second kappa shape index (κ2) is 6.58. The van der Waals surface area contributed by atoms with Crippen molar-refractivity contribution in [3.63, 3.8) is 0 Å². The van der Waals surface area contributed by atoms with Crippen molar-refractivity contribution in [1.82, 2.24) is 9.80 Å². The maximum atomic E-state index is 9.19. The van der Waals surface area contributed by atoms with E-state index < -0.39 is 0 Å². The van der Waals surface area contributed by atoms with Crippen molar-refractivity contribution in [1.29, 1.82) is 0 Å². The molecular formula is C13H28N2O. The Morgan fingerprint density at radius 3 is 2.12 bits per heavy atom. The fraction of sp³-hybridized carbons (Fsp3) is 1.00. The van der Waals surface area contributed by atoms with E-state index in [9.17, 15) is 5.11 Å². The second-order valence-corrected chi connectivity index (χ2v) is 5.44. The summed E-state index contributed by atoms with van der Waals surface area (Å²) in [5.41, 5.74) is 0. The summed E-state index contributed by atoms with van der Waals surface area (Å²) in [5.74, 6) is 0. The van der Waals surface area contributed by atoms with Gasteiger partial charge in [0.05, 0.1) is 6.61 Å². The smallest absolute Gasteiger partial charge is 0.0558 e. The molecule has 0 spiro atoms. The lowest BCUT2D eigenvalue weighted by atomic mass is 9.87. The molecular weight excluding hydrogens is 200 g/mol. The standard InChI is InChI=1S/C13H28N2O/c1-11(2)15(9-10-16)13-8-6-5-7-12(13)14(3)4/h11-13,16H,5-10H2,1-4H3. The van der Waals surface area contributed by atoms with Gasteiger partial charge in [0.2, 0.25) is 0 Å². The number of likely N-dealkylation sites (N-methyl/N-ethyl adjacent to an activating group) is 1. The SMILES string of the molecule is CC(C)N(CCO)C1CCCCC1N(C)C. The van der Waals surface area contributed by atoms with Gasteiger partial charge in [-0.2, -0.15) is 0 Å². The van der Waals surface area contributed by atoms with E-state index in [1.54, 1.807) is 0 Å². The van der Waals surface area contributed by atoms with E-state index >= 15 is 0 Å². The molecule has 0 saturated heterocycles. The van der Waals surface area contributed by atoms with Gasteiger partial charge in [0, 0.05) is 24.7 Å². The maximum absolute atomic E-state index is 9.19. The van der Waals surface area contributed by atoms with E-state index in [1.165, 1.54) is 25.7 Å². The summed E-state index contributed by atoms with van der Waals surface area (Å²) in [6, 6.07) is 1.80. The topological polar surface area (TPSA) is 26.7 Å². The molecule has 0 radical (unpaired) electrons. The van der Waals surface area contributed by atoms with Gasteiger partial charge in [-0.1, -0.05) is 12.8 Å². The molecule has 2 atom stereocenters. The zero-order chi connectivity index (χ0) is 12.1. The molecule has 1 aliphatic rings. The normalized spacial score (nSPS) is 27.0. The summed E-state index contributed by atoms with van der Waals surface area (Å²) in [4.78, 5) is 4.83. The molecule has 0 aromatic rings. The van der Waals surface area contributed by atoms with Crippen LogP contribution in [-0.2, 0) is 0 Å². The fourth-order valence-corrected chi connectivity index (χ4v) is 3.00. The number of nitrogens with zero attached hydrogens (tertiary/aromatic N) is 2. The average molecular weight is 228 g/mol. The fourth-order valence-electron chi connectivity index (χ4n) is 3.00. The van der Waals surface area contributed by atoms with Crippen molar-refractivity contribution < 1.29 is 5.11 Å². The lowest BCUT2D eigenvalue weighted by Gasteiger charge is -2.44. The zero-order valence-corrected chi connectivity index (χ0v) is 11.3. The number of rotatable bonds is 5. The van der Waals surface area contributed by atoms with Crippen molar-refractivity contribution >= 4 is 0 Å². The highest BCUT2D eigenvalue weighted by molar-refractivity contribution is 4.89. The Hall–Kier alpha value is -0.120. The van der Waals surface area contributed by atoms with Gasteiger partial charge in [-0.25, -0.2) is 0 Å². The summed E-state index contributed by atoms with van der Waals surface area (Å²) in [5, 5.41) is 9.19. The quantitative estimate of drug-likeness (QED) is 0.773. The van der Waals surface area contributed by atoms with Gasteiger partial charge in [0.15, 0.2) is 0 Å². The summed E-state index contributed by atoms with van der Waals surface area (Å²) in [6.45, 7) is 5.55. The molecule has 3 nitrogen and oxygen atoms in total. The van der Waals surface area contributed by atoms with Crippen LogP contribution in [0, 0.1) is 0 Å². The largest absolute Gasteiger partial charge is 0.395 e. The molecule has 1 N–H and O–H groups in total. The Morgan fingerprint density at radius 2 is 1.69 bits per heavy atom. The van der Waals surface area contributed by atoms with E-state index in [-0.39, 0.29) is 6.61 Å². The van der Waals surface area contributed by atoms with Crippen LogP contribution >= 0.6 is 0 Å². The molecule has 96 valence electrons. The van der Waals surface area contributed by atoms with Crippen LogP contribution < -0.4 is 0 Å². The molecule has 1 aliphatic carbocycles. The van der Waals surface area contributed by atoms with E-state index in [0.29, 0.717) is 18.1 Å². The van der Waals surface area contributed by atoms with Gasteiger partial charge in [0.1, 0.15) is 0 Å². The van der Waals surface area contributed by atoms with Gasteiger partial charge in [-0.15, -0.1) is 0 Å². The average Bonchev–Trinajstić information content (AvgIpc) is 2.25. The van der Waals surface area contributed by atoms with E-state index in [2.05, 4.69) is 37.7 Å². The highest BCUT2D eigenvalue weighted by atomic mass is 16.3. The summed E-state index contributed by atoms with van der Waals surface area (Å²) in [6.07, 6.45) is 5.27. The molecule has 1 rings (SSSR count). The van der Waals surface area contributed by atoms with Crippen molar-refractivity contribution in [3.05, 3.63) is 0 Å². The van der Waals surface area contributed by atoms with Crippen molar-refractivity contribution in [3.8, 4) is 0 Å². The van der Waals surface area contributed by atoms with Crippen LogP contribution in [0.4, 0.5) is 0 Å². The van der Waals surface area contributed by atoms with Gasteiger partial charge in [-0.05, 0) is 40.8 Å². The van der Waals surface area contributed by atoms with Crippen LogP contribution in [0.1, 0.15) is 39.5 Å². The zero-order valence-electron chi connectivity index (χ0n) is 11.3. The van der Waals surface area contributed by atoms with Crippen LogP contribution in [0.5, 0.6) is 0 Å². The van der Waals surface area contributed by atoms with Gasteiger partial charge in [-0.3, -0.25) is 4.90 Å². The van der Waals surface area contributed by atoms with Crippen LogP contribution in [0.15, 0.2) is 0 Å². The molecule has 0 amide bonds. The van der Waals surface area contributed by atoms with Crippen molar-refractivity contribution in [2.45, 2.75) is 57.7 Å². The predicted molar refractivity (Wildman–Crippen MR) is 68.7 cm³/mol. The minimum Gasteiger partial charge on any atom is -0.395 e. The molecule has 3 heteroatoms. The van der Waals surface area contributed by atoms with Crippen molar-refractivity contribution in [2.75, 3.05) is 27.2 Å². The Kier molecular flexibility index (Phi) is 5.73. The lowest BCUT2D eigenvalue weighted by molar-refractivity contribution is 0.0399. The maximum Gasteiger partial charge on any atom is 0.0558 e. The highest BCUT2D eigenvalue weighted by Crippen LogP contribution is 2.27. The van der Waals surface area contributed by atoms with Crippen molar-refractivity contribution in [2.24, 2.45) is 0 Å². The van der Waals surface area contributed by atoms with E-state index in [0.717, 1.165) is 6.54 Å². The number of hydrogen-bond donors (Lipinski definition) is 1. The third-order valence-corrected chi connectivity index (χ3v) is 3.80. The number of aliphatic hydroxyl groups is 1. The van der Waals surface area contributed by atoms with Crippen LogP contribution in [0.3, 0.4) is 0 Å². The third kappa shape index (κ3) is 3.44. The third-order valence-electron chi connectivity index (χ3n) is 3.80. The minimum absolute atomic E-state index is 0.273. The highest BCUT2D eigenvalue weighted by Gasteiger charge is 2.32. The predicted octanol–water partition coefficient (Wildman–Crippen LogP) is 1.56. The van der Waals surface area contributed by atoms with Gasteiger partial charge >= 0.3 is 0 Å². The number of hydrogen-bond acceptors (Lipinski definition) is 3. The van der Waals surface area contributed by atoms with Gasteiger partial charge < -0.3 is 10.0 Å². The first kappa shape index (κ1) is 13.9. The Bertz CT molecular complexity index is 194. The molecule has 2 unspecified atom stereocenters. The number of aliphatic hydroxyl groups excluding tert-OH is 1. The van der Waals surface area contributed by atoms with Gasteiger partial charge in [0.25, 0.3) is 0 Å². The summed E-state index contributed by atoms with van der Waals surface area (Å²) in [7, 11) is 4.36. The van der Waals surface area contributed by atoms with E-state index in [1.807, 2.05) is 0 Å². The minimum atomic E-state index is 0.273. The molecule has 1 saturated carbocycles. The first-order chi connectivity index (χ1) is 7.57. The summed E-state index contributed by atoms with van der Waals surface area (Å²) >= 11 is 0. The van der Waals surface area contributed by atoms with E-state index in [4.69, 9.17) is 0 Å². The molecule has 16 heavy (non-hydrogen) atoms. The summed E-state index contributed by atoms with van der Waals surface area (Å²) < 4.78 is 0. The Labute approximate surface area is 100 Å². The second-order valence-electron chi connectivity index (χ2n) is 5.44. The lowest BCUT2D eigenvalue weighted by Crippen LogP contribution is -2.54. The molecule has 0 bridgehead atoms. The first-order valence-corrected chi connectivity index (χ1v) is 6.61. The molecule has 0 aliphatic heterocycles. The van der Waals surface area contributed by atoms with Crippen LogP contribution in [-0.4, -0.2) is 60.3 Å². The van der Waals surface area contributed by atoms with Crippen LogP contribution in [0.25, 0.3) is 0 Å².